The molecule has 3 aromatic carbocycles. The van der Waals surface area contributed by atoms with Crippen LogP contribution in [0.15, 0.2) is 54.6 Å². The van der Waals surface area contributed by atoms with Crippen LogP contribution in [-0.2, 0) is 27.3 Å². The van der Waals surface area contributed by atoms with Crippen LogP contribution in [0, 0.1) is 0 Å². The number of hydrogen-bond donors (Lipinski definition) is 3. The van der Waals surface area contributed by atoms with Gasteiger partial charge in [0, 0.05) is 23.8 Å². The summed E-state index contributed by atoms with van der Waals surface area (Å²) in [5.41, 5.74) is 3.51. The number of carbonyl (C=O) groups excluding carboxylic acids is 2. The van der Waals surface area contributed by atoms with Crippen LogP contribution >= 0.6 is 23.2 Å². The lowest BCUT2D eigenvalue weighted by atomic mass is 10.1. The predicted octanol–water partition coefficient (Wildman–Crippen LogP) is 5.38. The first kappa shape index (κ1) is 23.9. The van der Waals surface area contributed by atoms with Crippen molar-refractivity contribution in [2.75, 3.05) is 12.4 Å². The number of amides is 1. The Balaban J connectivity index is 1.47. The van der Waals surface area contributed by atoms with Crippen LogP contribution in [0.3, 0.4) is 0 Å². The van der Waals surface area contributed by atoms with E-state index in [0.717, 1.165) is 20.0 Å². The Kier molecular flexibility index (Phi) is 7.26. The van der Waals surface area contributed by atoms with Gasteiger partial charge in [-0.3, -0.25) is 4.79 Å². The van der Waals surface area contributed by atoms with E-state index in [2.05, 4.69) is 27.5 Å². The van der Waals surface area contributed by atoms with Crippen LogP contribution in [0.2, 0.25) is 10.0 Å². The molecule has 1 amide bonds. The molecule has 4 rings (SSSR count). The van der Waals surface area contributed by atoms with Crippen LogP contribution in [0.4, 0.5) is 5.69 Å². The number of aryl methyl sites for hydroxylation is 1. The van der Waals surface area contributed by atoms with Crippen LogP contribution < -0.4 is 15.4 Å². The zero-order valence-corrected chi connectivity index (χ0v) is 19.7. The summed E-state index contributed by atoms with van der Waals surface area (Å²) in [5, 5.41) is 16.5. The topological polar surface area (TPSA) is 96.9 Å². The second kappa shape index (κ2) is 10.3. The van der Waals surface area contributed by atoms with Gasteiger partial charge in [-0.15, -0.1) is 0 Å². The first-order chi connectivity index (χ1) is 16.4. The van der Waals surface area contributed by atoms with Crippen LogP contribution in [0.5, 0.6) is 17.2 Å². The van der Waals surface area contributed by atoms with E-state index in [0.29, 0.717) is 17.9 Å². The highest BCUT2D eigenvalue weighted by molar-refractivity contribution is 6.39. The Morgan fingerprint density at radius 1 is 1.09 bits per heavy atom. The Bertz CT molecular complexity index is 1220. The van der Waals surface area contributed by atoms with Gasteiger partial charge < -0.3 is 25.2 Å². The Morgan fingerprint density at radius 3 is 2.56 bits per heavy atom. The van der Waals surface area contributed by atoms with Crippen molar-refractivity contribution in [1.82, 2.24) is 5.32 Å². The molecule has 1 aliphatic carbocycles. The van der Waals surface area contributed by atoms with E-state index in [4.69, 9.17) is 27.9 Å². The largest absolute Gasteiger partial charge is 0.508 e. The average molecular weight is 501 g/mol. The molecule has 3 N–H and O–H groups in total. The number of ether oxygens (including phenoxy) is 2. The third kappa shape index (κ3) is 5.28. The monoisotopic (exact) mass is 500 g/mol. The third-order valence-corrected chi connectivity index (χ3v) is 6.13. The highest BCUT2D eigenvalue weighted by Gasteiger charge is 2.22. The summed E-state index contributed by atoms with van der Waals surface area (Å²) in [4.78, 5) is 23.0. The summed E-state index contributed by atoms with van der Waals surface area (Å²) in [5.74, 6) is -1.25. The van der Waals surface area contributed by atoms with E-state index >= 15 is 0 Å². The molecule has 0 aromatic heterocycles. The first-order valence-corrected chi connectivity index (χ1v) is 11.3. The number of phenols is 1. The minimum absolute atomic E-state index is 0.128. The van der Waals surface area contributed by atoms with Crippen molar-refractivity contribution in [3.8, 4) is 17.2 Å². The van der Waals surface area contributed by atoms with Crippen molar-refractivity contribution in [2.24, 2.45) is 0 Å². The molecule has 1 atom stereocenters. The number of esters is 1. The number of aromatic hydroxyl groups is 1. The molecule has 0 fully saturated rings. The van der Waals surface area contributed by atoms with Crippen LogP contribution in [-0.4, -0.2) is 24.1 Å². The van der Waals surface area contributed by atoms with Crippen molar-refractivity contribution in [2.45, 2.75) is 25.4 Å². The van der Waals surface area contributed by atoms with Gasteiger partial charge in [-0.25, -0.2) is 4.79 Å². The summed E-state index contributed by atoms with van der Waals surface area (Å²) in [6, 6.07) is 16.2. The molecule has 7 nitrogen and oxygen atoms in total. The molecule has 0 saturated carbocycles. The van der Waals surface area contributed by atoms with Gasteiger partial charge in [0.05, 0.1) is 17.2 Å². The number of halogens is 2. The second-order valence-corrected chi connectivity index (χ2v) is 8.59. The van der Waals surface area contributed by atoms with Gasteiger partial charge in [0.25, 0.3) is 0 Å². The maximum Gasteiger partial charge on any atom is 0.396 e. The van der Waals surface area contributed by atoms with Gasteiger partial charge in [0.2, 0.25) is 0 Å². The molecule has 1 aliphatic rings. The van der Waals surface area contributed by atoms with Gasteiger partial charge in [0.1, 0.15) is 11.5 Å². The van der Waals surface area contributed by atoms with E-state index in [1.807, 2.05) is 12.1 Å². The van der Waals surface area contributed by atoms with E-state index in [9.17, 15) is 14.7 Å². The quantitative estimate of drug-likeness (QED) is 0.310. The molecule has 34 heavy (non-hydrogen) atoms. The predicted molar refractivity (Wildman–Crippen MR) is 130 cm³/mol. The van der Waals surface area contributed by atoms with Crippen molar-refractivity contribution in [1.29, 1.82) is 0 Å². The summed E-state index contributed by atoms with van der Waals surface area (Å²) >= 11 is 12.6. The molecule has 0 spiro atoms. The maximum atomic E-state index is 11.7. The molecule has 3 aromatic rings. The number of fused-ring (bicyclic) bond motifs is 1. The molecule has 0 saturated heterocycles. The zero-order valence-electron chi connectivity index (χ0n) is 18.2. The lowest BCUT2D eigenvalue weighted by Gasteiger charge is -2.16. The highest BCUT2D eigenvalue weighted by Crippen LogP contribution is 2.40. The van der Waals surface area contributed by atoms with E-state index in [-0.39, 0.29) is 33.3 Å². The van der Waals surface area contributed by atoms with Gasteiger partial charge in [0.15, 0.2) is 5.75 Å². The molecular formula is C25H22Cl2N2O5. The van der Waals surface area contributed by atoms with Crippen molar-refractivity contribution < 1.29 is 24.2 Å². The SMILES string of the molecule is COC(=O)C(=O)Nc1cc(Cl)c(Oc2ccc(O)c(CNC3CCc4ccccc43)c2)c(Cl)c1. The maximum absolute atomic E-state index is 11.7. The molecule has 176 valence electrons. The Morgan fingerprint density at radius 2 is 1.82 bits per heavy atom. The van der Waals surface area contributed by atoms with E-state index < -0.39 is 11.9 Å². The van der Waals surface area contributed by atoms with Crippen molar-refractivity contribution in [3.63, 3.8) is 0 Å². The summed E-state index contributed by atoms with van der Waals surface area (Å²) in [6.45, 7) is 0.446. The Hall–Kier alpha value is -3.26. The highest BCUT2D eigenvalue weighted by atomic mass is 35.5. The summed E-state index contributed by atoms with van der Waals surface area (Å²) in [6.07, 6.45) is 2.02. The molecule has 0 bridgehead atoms. The fourth-order valence-electron chi connectivity index (χ4n) is 3.89. The van der Waals surface area contributed by atoms with Gasteiger partial charge in [-0.1, -0.05) is 47.5 Å². The molecular weight excluding hydrogens is 479 g/mol. The average Bonchev–Trinajstić information content (AvgIpc) is 3.24. The summed E-state index contributed by atoms with van der Waals surface area (Å²) in [7, 11) is 1.10. The number of carbonyl (C=O) groups is 2. The first-order valence-electron chi connectivity index (χ1n) is 10.5. The smallest absolute Gasteiger partial charge is 0.396 e. The number of phenolic OH excluding ortho intramolecular Hbond substituents is 1. The molecule has 0 heterocycles. The summed E-state index contributed by atoms with van der Waals surface area (Å²) < 4.78 is 10.3. The molecule has 0 aliphatic heterocycles. The van der Waals surface area contributed by atoms with Crippen LogP contribution in [0.1, 0.15) is 29.2 Å². The fraction of sp³-hybridized carbons (Fsp3) is 0.200. The molecule has 1 unspecified atom stereocenters. The third-order valence-electron chi connectivity index (χ3n) is 5.57. The van der Waals surface area contributed by atoms with Gasteiger partial charge in [-0.05, 0) is 54.3 Å². The van der Waals surface area contributed by atoms with Crippen molar-refractivity contribution >= 4 is 40.8 Å². The number of methoxy groups -OCH3 is 1. The van der Waals surface area contributed by atoms with Gasteiger partial charge >= 0.3 is 11.9 Å². The Labute approximate surface area is 206 Å². The molecule has 9 heteroatoms. The minimum atomic E-state index is -1.04. The standard InChI is InChI=1S/C25H22Cl2N2O5/c1-33-25(32)24(31)29-16-11-19(26)23(20(27)12-16)34-17-7-9-22(30)15(10-17)13-28-21-8-6-14-4-2-3-5-18(14)21/h2-5,7,9-12,21,28,30H,6,8,13H2,1H3,(H,29,31). The normalized spacial score (nSPS) is 14.4. The lowest BCUT2D eigenvalue weighted by molar-refractivity contribution is -0.150. The number of hydrogen-bond acceptors (Lipinski definition) is 6. The number of rotatable bonds is 6. The van der Waals surface area contributed by atoms with Gasteiger partial charge in [-0.2, -0.15) is 0 Å². The zero-order chi connectivity index (χ0) is 24.2. The van der Waals surface area contributed by atoms with Crippen LogP contribution in [0.25, 0.3) is 0 Å². The number of benzene rings is 3. The van der Waals surface area contributed by atoms with E-state index in [1.54, 1.807) is 18.2 Å². The second-order valence-electron chi connectivity index (χ2n) is 7.78. The van der Waals surface area contributed by atoms with Crippen molar-refractivity contribution in [3.05, 3.63) is 81.3 Å². The number of nitrogens with one attached hydrogen (secondary N) is 2. The van der Waals surface area contributed by atoms with E-state index in [1.165, 1.54) is 23.3 Å². The number of anilines is 1. The lowest BCUT2D eigenvalue weighted by Crippen LogP contribution is -2.23. The minimum Gasteiger partial charge on any atom is -0.508 e. The molecule has 0 radical (unpaired) electrons. The fourth-order valence-corrected chi connectivity index (χ4v) is 4.46.